The van der Waals surface area contributed by atoms with Gasteiger partial charge in [0.15, 0.2) is 0 Å². The van der Waals surface area contributed by atoms with Gasteiger partial charge in [-0.1, -0.05) is 13.8 Å². The van der Waals surface area contributed by atoms with Crippen LogP contribution in [-0.4, -0.2) is 9.97 Å². The van der Waals surface area contributed by atoms with Crippen molar-refractivity contribution in [3.05, 3.63) is 35.6 Å². The van der Waals surface area contributed by atoms with Crippen LogP contribution >= 0.6 is 11.3 Å². The van der Waals surface area contributed by atoms with Crippen molar-refractivity contribution >= 4 is 11.3 Å². The van der Waals surface area contributed by atoms with E-state index in [1.807, 2.05) is 24.5 Å². The summed E-state index contributed by atoms with van der Waals surface area (Å²) in [6.07, 6.45) is 5.58. The summed E-state index contributed by atoms with van der Waals surface area (Å²) in [6.45, 7) is 4.36. The van der Waals surface area contributed by atoms with Crippen molar-refractivity contribution < 1.29 is 0 Å². The quantitative estimate of drug-likeness (QED) is 0.750. The van der Waals surface area contributed by atoms with Crippen LogP contribution in [0.3, 0.4) is 0 Å². The van der Waals surface area contributed by atoms with E-state index < -0.39 is 0 Å². The largest absolute Gasteiger partial charge is 0.264 e. The van der Waals surface area contributed by atoms with Crippen LogP contribution in [0.15, 0.2) is 30.7 Å². The monoisotopic (exact) mass is 204 g/mol. The Morgan fingerprint density at radius 2 is 2.14 bits per heavy atom. The van der Waals surface area contributed by atoms with Crippen molar-refractivity contribution in [3.63, 3.8) is 0 Å². The smallest absolute Gasteiger partial charge is 0.125 e. The maximum atomic E-state index is 4.39. The highest BCUT2D eigenvalue weighted by molar-refractivity contribution is 7.15. The van der Waals surface area contributed by atoms with Gasteiger partial charge in [0, 0.05) is 29.0 Å². The number of hydrogen-bond donors (Lipinski definition) is 0. The number of thiazole rings is 1. The molecular weight excluding hydrogens is 192 g/mol. The summed E-state index contributed by atoms with van der Waals surface area (Å²) in [5, 5.41) is 1.06. The molecule has 2 aromatic heterocycles. The van der Waals surface area contributed by atoms with E-state index in [1.165, 1.54) is 4.88 Å². The maximum Gasteiger partial charge on any atom is 0.125 e. The van der Waals surface area contributed by atoms with E-state index in [1.54, 1.807) is 17.5 Å². The Hall–Kier alpha value is -1.22. The van der Waals surface area contributed by atoms with E-state index in [0.29, 0.717) is 5.92 Å². The first-order valence-corrected chi connectivity index (χ1v) is 5.45. The number of aromatic nitrogens is 2. The van der Waals surface area contributed by atoms with Crippen LogP contribution in [0.25, 0.3) is 10.6 Å². The number of hydrogen-bond acceptors (Lipinski definition) is 3. The van der Waals surface area contributed by atoms with Crippen LogP contribution in [0.2, 0.25) is 0 Å². The zero-order valence-electron chi connectivity index (χ0n) is 8.27. The van der Waals surface area contributed by atoms with E-state index in [0.717, 1.165) is 10.6 Å². The topological polar surface area (TPSA) is 25.8 Å². The molecule has 0 bridgehead atoms. The van der Waals surface area contributed by atoms with E-state index in [-0.39, 0.29) is 0 Å². The molecule has 0 spiro atoms. The number of pyridine rings is 1. The third kappa shape index (κ3) is 1.82. The second kappa shape index (κ2) is 3.88. The molecule has 72 valence electrons. The molecular formula is C11H12N2S. The average Bonchev–Trinajstić information content (AvgIpc) is 2.68. The van der Waals surface area contributed by atoms with Gasteiger partial charge >= 0.3 is 0 Å². The summed E-state index contributed by atoms with van der Waals surface area (Å²) < 4.78 is 0. The molecule has 2 aromatic rings. The third-order valence-corrected chi connectivity index (χ3v) is 3.35. The average molecular weight is 204 g/mol. The second-order valence-electron chi connectivity index (χ2n) is 3.46. The van der Waals surface area contributed by atoms with Gasteiger partial charge in [-0.05, 0) is 18.1 Å². The minimum Gasteiger partial charge on any atom is -0.264 e. The fourth-order valence-corrected chi connectivity index (χ4v) is 2.08. The van der Waals surface area contributed by atoms with E-state index in [9.17, 15) is 0 Å². The fraction of sp³-hybridized carbons (Fsp3) is 0.273. The zero-order chi connectivity index (χ0) is 9.97. The first-order chi connectivity index (χ1) is 6.77. The first kappa shape index (κ1) is 9.34. The molecule has 0 fully saturated rings. The van der Waals surface area contributed by atoms with Crippen LogP contribution in [0.5, 0.6) is 0 Å². The first-order valence-electron chi connectivity index (χ1n) is 4.63. The second-order valence-corrected chi connectivity index (χ2v) is 4.53. The van der Waals surface area contributed by atoms with Crippen LogP contribution in [0.4, 0.5) is 0 Å². The summed E-state index contributed by atoms with van der Waals surface area (Å²) in [4.78, 5) is 9.79. The van der Waals surface area contributed by atoms with Crippen molar-refractivity contribution in [1.82, 2.24) is 9.97 Å². The molecule has 2 heterocycles. The molecule has 0 atom stereocenters. The van der Waals surface area contributed by atoms with Gasteiger partial charge in [-0.25, -0.2) is 4.98 Å². The van der Waals surface area contributed by atoms with Gasteiger partial charge in [-0.3, -0.25) is 4.98 Å². The maximum absolute atomic E-state index is 4.39. The summed E-state index contributed by atoms with van der Waals surface area (Å²) in [6, 6.07) is 3.97. The van der Waals surface area contributed by atoms with Crippen molar-refractivity contribution in [2.24, 2.45) is 0 Å². The Labute approximate surface area is 87.7 Å². The van der Waals surface area contributed by atoms with Crippen molar-refractivity contribution in [2.45, 2.75) is 19.8 Å². The molecule has 14 heavy (non-hydrogen) atoms. The minimum absolute atomic E-state index is 0.554. The Balaban J connectivity index is 2.34. The van der Waals surface area contributed by atoms with Crippen molar-refractivity contribution in [1.29, 1.82) is 0 Å². The van der Waals surface area contributed by atoms with Gasteiger partial charge in [0.25, 0.3) is 0 Å². The SMILES string of the molecule is CC(C)c1cnc(-c2cccnc2)s1. The zero-order valence-corrected chi connectivity index (χ0v) is 9.08. The molecule has 0 saturated carbocycles. The molecule has 0 aliphatic rings. The molecule has 0 radical (unpaired) electrons. The molecule has 0 aliphatic carbocycles. The Morgan fingerprint density at radius 3 is 2.71 bits per heavy atom. The van der Waals surface area contributed by atoms with Gasteiger partial charge in [0.05, 0.1) is 0 Å². The van der Waals surface area contributed by atoms with Crippen LogP contribution < -0.4 is 0 Å². The molecule has 0 unspecified atom stereocenters. The van der Waals surface area contributed by atoms with Gasteiger partial charge in [-0.2, -0.15) is 0 Å². The van der Waals surface area contributed by atoms with Gasteiger partial charge in [0.2, 0.25) is 0 Å². The summed E-state index contributed by atoms with van der Waals surface area (Å²) >= 11 is 1.74. The summed E-state index contributed by atoms with van der Waals surface area (Å²) in [7, 11) is 0. The van der Waals surface area contributed by atoms with Crippen LogP contribution in [0, 0.1) is 0 Å². The fourth-order valence-electron chi connectivity index (χ4n) is 1.18. The molecule has 3 heteroatoms. The molecule has 2 rings (SSSR count). The molecule has 0 saturated heterocycles. The highest BCUT2D eigenvalue weighted by Crippen LogP contribution is 2.28. The minimum atomic E-state index is 0.554. The van der Waals surface area contributed by atoms with E-state index >= 15 is 0 Å². The van der Waals surface area contributed by atoms with Crippen LogP contribution in [0.1, 0.15) is 24.6 Å². The highest BCUT2D eigenvalue weighted by atomic mass is 32.1. The standard InChI is InChI=1S/C11H12N2S/c1-8(2)10-7-13-11(14-10)9-4-3-5-12-6-9/h3-8H,1-2H3. The lowest BCUT2D eigenvalue weighted by atomic mass is 10.2. The highest BCUT2D eigenvalue weighted by Gasteiger charge is 2.06. The summed E-state index contributed by atoms with van der Waals surface area (Å²) in [5.74, 6) is 0.554. The van der Waals surface area contributed by atoms with Crippen molar-refractivity contribution in [3.8, 4) is 10.6 Å². The van der Waals surface area contributed by atoms with Crippen LogP contribution in [-0.2, 0) is 0 Å². The molecule has 0 N–H and O–H groups in total. The molecule has 0 aromatic carbocycles. The Bertz CT molecular complexity index is 406. The molecule has 2 nitrogen and oxygen atoms in total. The number of rotatable bonds is 2. The molecule has 0 aliphatic heterocycles. The van der Waals surface area contributed by atoms with Gasteiger partial charge in [-0.15, -0.1) is 11.3 Å². The molecule has 0 amide bonds. The normalized spacial score (nSPS) is 10.8. The summed E-state index contributed by atoms with van der Waals surface area (Å²) in [5.41, 5.74) is 1.10. The van der Waals surface area contributed by atoms with Gasteiger partial charge in [0.1, 0.15) is 5.01 Å². The van der Waals surface area contributed by atoms with Gasteiger partial charge < -0.3 is 0 Å². The van der Waals surface area contributed by atoms with E-state index in [4.69, 9.17) is 0 Å². The predicted octanol–water partition coefficient (Wildman–Crippen LogP) is 3.33. The van der Waals surface area contributed by atoms with Crippen molar-refractivity contribution in [2.75, 3.05) is 0 Å². The third-order valence-electron chi connectivity index (χ3n) is 2.00. The van der Waals surface area contributed by atoms with E-state index in [2.05, 4.69) is 23.8 Å². The lowest BCUT2D eigenvalue weighted by Crippen LogP contribution is -1.77. The number of nitrogens with zero attached hydrogens (tertiary/aromatic N) is 2. The lowest BCUT2D eigenvalue weighted by Gasteiger charge is -1.96. The lowest BCUT2D eigenvalue weighted by molar-refractivity contribution is 0.885. The Kier molecular flexibility index (Phi) is 2.59. The predicted molar refractivity (Wildman–Crippen MR) is 59.4 cm³/mol. The Morgan fingerprint density at radius 1 is 1.29 bits per heavy atom.